The van der Waals surface area contributed by atoms with Crippen LogP contribution in [0, 0.1) is 0 Å². The van der Waals surface area contributed by atoms with E-state index in [4.69, 9.17) is 0 Å². The number of hydrogen-bond acceptors (Lipinski definition) is 6. The molecule has 1 saturated heterocycles. The van der Waals surface area contributed by atoms with E-state index in [0.717, 1.165) is 15.6 Å². The zero-order valence-corrected chi connectivity index (χ0v) is 19.3. The van der Waals surface area contributed by atoms with Crippen LogP contribution in [0.3, 0.4) is 0 Å². The molecule has 2 aromatic heterocycles. The zero-order chi connectivity index (χ0) is 23.5. The third-order valence-electron chi connectivity index (χ3n) is 6.05. The largest absolute Gasteiger partial charge is 0.507 e. The van der Waals surface area contributed by atoms with Gasteiger partial charge in [-0.2, -0.15) is 0 Å². The summed E-state index contributed by atoms with van der Waals surface area (Å²) in [6, 6.07) is 18.5. The van der Waals surface area contributed by atoms with Crippen molar-refractivity contribution >= 4 is 39.7 Å². The summed E-state index contributed by atoms with van der Waals surface area (Å²) in [5, 5.41) is 17.6. The summed E-state index contributed by atoms with van der Waals surface area (Å²) < 4.78 is 0. The molecule has 34 heavy (non-hydrogen) atoms. The van der Waals surface area contributed by atoms with Gasteiger partial charge in [0.1, 0.15) is 11.6 Å². The molecule has 0 aliphatic carbocycles. The minimum atomic E-state index is -0.408. The molecule has 7 nitrogen and oxygen atoms in total. The highest BCUT2D eigenvalue weighted by Gasteiger charge is 2.25. The van der Waals surface area contributed by atoms with Crippen molar-refractivity contribution in [1.82, 2.24) is 14.8 Å². The van der Waals surface area contributed by atoms with Crippen LogP contribution in [0.15, 0.2) is 72.2 Å². The first-order chi connectivity index (χ1) is 16.6. The predicted octanol–water partition coefficient (Wildman–Crippen LogP) is 4.21. The summed E-state index contributed by atoms with van der Waals surface area (Å²) >= 11 is 1.46. The fraction of sp³-hybridized carbons (Fsp3) is 0.192. The maximum Gasteiger partial charge on any atom is 0.264 e. The molecule has 0 bridgehead atoms. The molecule has 0 atom stereocenters. The zero-order valence-electron chi connectivity index (χ0n) is 18.5. The van der Waals surface area contributed by atoms with Gasteiger partial charge in [-0.25, -0.2) is 4.98 Å². The summed E-state index contributed by atoms with van der Waals surface area (Å²) in [7, 11) is 0. The molecule has 2 N–H and O–H groups in total. The van der Waals surface area contributed by atoms with Crippen molar-refractivity contribution < 1.29 is 14.7 Å². The smallest absolute Gasteiger partial charge is 0.264 e. The number of pyridine rings is 1. The van der Waals surface area contributed by atoms with Gasteiger partial charge in [-0.05, 0) is 40.4 Å². The number of aromatic nitrogens is 1. The van der Waals surface area contributed by atoms with Gasteiger partial charge in [0, 0.05) is 44.5 Å². The topological polar surface area (TPSA) is 85.8 Å². The highest BCUT2D eigenvalue weighted by Crippen LogP contribution is 2.33. The highest BCUT2D eigenvalue weighted by molar-refractivity contribution is 7.12. The first-order valence-electron chi connectivity index (χ1n) is 11.1. The molecule has 0 unspecified atom stereocenters. The van der Waals surface area contributed by atoms with Gasteiger partial charge in [0.05, 0.1) is 10.4 Å². The van der Waals surface area contributed by atoms with Crippen LogP contribution < -0.4 is 5.32 Å². The summed E-state index contributed by atoms with van der Waals surface area (Å²) in [5.74, 6) is 0.0584. The predicted molar refractivity (Wildman–Crippen MR) is 133 cm³/mol. The van der Waals surface area contributed by atoms with Crippen molar-refractivity contribution in [2.75, 3.05) is 31.5 Å². The van der Waals surface area contributed by atoms with Crippen LogP contribution in [0.25, 0.3) is 10.8 Å². The molecule has 1 fully saturated rings. The normalized spacial score (nSPS) is 14.3. The molecule has 8 heteroatoms. The average Bonchev–Trinajstić information content (AvgIpc) is 3.41. The lowest BCUT2D eigenvalue weighted by molar-refractivity contribution is 0.0632. The summed E-state index contributed by atoms with van der Waals surface area (Å²) in [5.41, 5.74) is 0.924. The second kappa shape index (κ2) is 9.62. The van der Waals surface area contributed by atoms with Crippen molar-refractivity contribution in [3.63, 3.8) is 0 Å². The first-order valence-corrected chi connectivity index (χ1v) is 12.0. The Morgan fingerprint density at radius 3 is 2.53 bits per heavy atom. The number of rotatable bonds is 5. The molecule has 0 radical (unpaired) electrons. The number of carbonyl (C=O) groups is 2. The van der Waals surface area contributed by atoms with E-state index in [9.17, 15) is 14.7 Å². The van der Waals surface area contributed by atoms with E-state index in [2.05, 4.69) is 15.2 Å². The number of piperazine rings is 1. The number of carbonyl (C=O) groups excluding carboxylic acids is 2. The molecule has 1 aliphatic rings. The summed E-state index contributed by atoms with van der Waals surface area (Å²) in [4.78, 5) is 34.6. The summed E-state index contributed by atoms with van der Waals surface area (Å²) in [6.07, 6.45) is 1.60. The molecule has 3 heterocycles. The monoisotopic (exact) mass is 472 g/mol. The first kappa shape index (κ1) is 22.1. The number of nitrogens with zero attached hydrogens (tertiary/aromatic N) is 3. The number of hydrogen-bond donors (Lipinski definition) is 2. The molecule has 5 rings (SSSR count). The van der Waals surface area contributed by atoms with Gasteiger partial charge in [-0.15, -0.1) is 11.3 Å². The fourth-order valence-corrected chi connectivity index (χ4v) is 4.94. The number of fused-ring (bicyclic) bond motifs is 1. The van der Waals surface area contributed by atoms with Gasteiger partial charge in [-0.3, -0.25) is 14.5 Å². The molecule has 1 aliphatic heterocycles. The number of nitrogens with one attached hydrogen (secondary N) is 1. The fourth-order valence-electron chi connectivity index (χ4n) is 4.25. The van der Waals surface area contributed by atoms with Gasteiger partial charge in [0.25, 0.3) is 11.8 Å². The Kier molecular flexibility index (Phi) is 6.24. The van der Waals surface area contributed by atoms with E-state index in [1.165, 1.54) is 11.3 Å². The van der Waals surface area contributed by atoms with E-state index in [-0.39, 0.29) is 17.2 Å². The van der Waals surface area contributed by atoms with Crippen molar-refractivity contribution in [3.05, 3.63) is 88.2 Å². The van der Waals surface area contributed by atoms with E-state index in [1.807, 2.05) is 46.7 Å². The minimum absolute atomic E-state index is 0.0239. The van der Waals surface area contributed by atoms with Crippen molar-refractivity contribution in [2.24, 2.45) is 0 Å². The standard InChI is InChI=1S/C26H24N4O3S/c31-24-20(25(32)28-23-9-3-4-10-27-23)16-18-6-1-2-7-19(18)21(24)17-29-11-13-30(14-12-29)26(33)22-8-5-15-34-22/h1-10,15-16,31H,11-14,17H2,(H,27,28,32). The lowest BCUT2D eigenvalue weighted by Gasteiger charge is -2.35. The van der Waals surface area contributed by atoms with Gasteiger partial charge in [-0.1, -0.05) is 36.4 Å². The lowest BCUT2D eigenvalue weighted by atomic mass is 9.98. The van der Waals surface area contributed by atoms with Crippen LogP contribution in [0.5, 0.6) is 5.75 Å². The molecule has 0 saturated carbocycles. The SMILES string of the molecule is O=C(Nc1ccccn1)c1cc2ccccc2c(CN2CCN(C(=O)c3cccs3)CC2)c1O. The minimum Gasteiger partial charge on any atom is -0.507 e. The third-order valence-corrected chi connectivity index (χ3v) is 6.91. The maximum atomic E-state index is 13.0. The Labute approximate surface area is 201 Å². The summed E-state index contributed by atoms with van der Waals surface area (Å²) in [6.45, 7) is 3.10. The molecule has 172 valence electrons. The Hall–Kier alpha value is -3.75. The number of aromatic hydroxyl groups is 1. The molecular weight excluding hydrogens is 448 g/mol. The van der Waals surface area contributed by atoms with Gasteiger partial charge in [0.2, 0.25) is 0 Å². The molecule has 2 aromatic carbocycles. The molecular formula is C26H24N4O3S. The van der Waals surface area contributed by atoms with Crippen LogP contribution in [-0.2, 0) is 6.54 Å². The van der Waals surface area contributed by atoms with E-state index >= 15 is 0 Å². The number of anilines is 1. The quantitative estimate of drug-likeness (QED) is 0.454. The number of thiophene rings is 1. The van der Waals surface area contributed by atoms with E-state index in [1.54, 1.807) is 30.5 Å². The molecule has 2 amide bonds. The second-order valence-electron chi connectivity index (χ2n) is 8.19. The Bertz CT molecular complexity index is 1320. The van der Waals surface area contributed by atoms with Crippen LogP contribution in [0.4, 0.5) is 5.82 Å². The van der Waals surface area contributed by atoms with Gasteiger partial charge in [0.15, 0.2) is 0 Å². The van der Waals surface area contributed by atoms with Crippen LogP contribution in [0.1, 0.15) is 25.6 Å². The average molecular weight is 473 g/mol. The lowest BCUT2D eigenvalue weighted by Crippen LogP contribution is -2.48. The Morgan fingerprint density at radius 2 is 1.79 bits per heavy atom. The highest BCUT2D eigenvalue weighted by atomic mass is 32.1. The van der Waals surface area contributed by atoms with E-state index in [0.29, 0.717) is 44.1 Å². The third kappa shape index (κ3) is 4.50. The number of amides is 2. The Morgan fingerprint density at radius 1 is 1.00 bits per heavy atom. The Balaban J connectivity index is 1.37. The van der Waals surface area contributed by atoms with Crippen LogP contribution >= 0.6 is 11.3 Å². The molecule has 0 spiro atoms. The van der Waals surface area contributed by atoms with Crippen LogP contribution in [-0.4, -0.2) is 57.9 Å². The number of phenols is 1. The number of phenolic OH excluding ortho intramolecular Hbond substituents is 1. The van der Waals surface area contributed by atoms with E-state index < -0.39 is 5.91 Å². The van der Waals surface area contributed by atoms with Crippen molar-refractivity contribution in [3.8, 4) is 5.75 Å². The number of benzene rings is 2. The van der Waals surface area contributed by atoms with Crippen molar-refractivity contribution in [2.45, 2.75) is 6.54 Å². The van der Waals surface area contributed by atoms with Gasteiger partial charge >= 0.3 is 0 Å². The molecule has 4 aromatic rings. The maximum absolute atomic E-state index is 13.0. The van der Waals surface area contributed by atoms with Gasteiger partial charge < -0.3 is 15.3 Å². The van der Waals surface area contributed by atoms with Crippen LogP contribution in [0.2, 0.25) is 0 Å². The van der Waals surface area contributed by atoms with Crippen molar-refractivity contribution in [1.29, 1.82) is 0 Å². The second-order valence-corrected chi connectivity index (χ2v) is 9.13.